The highest BCUT2D eigenvalue weighted by Gasteiger charge is 2.29. The second-order valence-corrected chi connectivity index (χ2v) is 11.2. The van der Waals surface area contributed by atoms with E-state index in [1.165, 1.54) is 12.8 Å². The van der Waals surface area contributed by atoms with Gasteiger partial charge in [-0.1, -0.05) is 26.7 Å². The number of pyridine rings is 1. The Morgan fingerprint density at radius 2 is 1.83 bits per heavy atom. The number of H-pyrrole nitrogens is 1. The van der Waals surface area contributed by atoms with Gasteiger partial charge in [0.25, 0.3) is 11.5 Å². The van der Waals surface area contributed by atoms with Gasteiger partial charge in [-0.2, -0.15) is 0 Å². The molecule has 1 aromatic carbocycles. The number of nitrogens with zero attached hydrogens (tertiary/aromatic N) is 1. The van der Waals surface area contributed by atoms with Gasteiger partial charge < -0.3 is 35.1 Å². The van der Waals surface area contributed by atoms with E-state index in [2.05, 4.69) is 36.4 Å². The van der Waals surface area contributed by atoms with Crippen LogP contribution in [-0.2, 0) is 14.3 Å². The monoisotopic (exact) mass is 590 g/mol. The first-order valence-corrected chi connectivity index (χ1v) is 14.7. The van der Waals surface area contributed by atoms with Gasteiger partial charge in [-0.3, -0.25) is 14.4 Å². The normalized spacial score (nSPS) is 16.3. The molecular weight excluding hydrogens is 540 g/mol. The van der Waals surface area contributed by atoms with E-state index >= 15 is 0 Å². The van der Waals surface area contributed by atoms with Crippen LogP contribution in [0, 0.1) is 0 Å². The highest BCUT2D eigenvalue weighted by molar-refractivity contribution is 5.82. The van der Waals surface area contributed by atoms with E-state index in [-0.39, 0.29) is 29.8 Å². The van der Waals surface area contributed by atoms with E-state index in [0.717, 1.165) is 43.4 Å². The van der Waals surface area contributed by atoms with Gasteiger partial charge in [-0.25, -0.2) is 4.79 Å². The summed E-state index contributed by atoms with van der Waals surface area (Å²) < 4.78 is 10.3. The molecule has 0 radical (unpaired) electrons. The number of unbranched alkanes of at least 4 members (excludes halogenated alkanes) is 1. The highest BCUT2D eigenvalue weighted by atomic mass is 16.6. The molecule has 11 heteroatoms. The minimum atomic E-state index is -1.13. The Kier molecular flexibility index (Phi) is 16.3. The molecule has 1 aromatic heterocycles. The lowest BCUT2D eigenvalue weighted by Crippen LogP contribution is -2.41. The Bertz CT molecular complexity index is 1160. The Hall–Kier alpha value is -3.60. The molecule has 236 valence electrons. The molecular formula is C31H50N4O7. The van der Waals surface area contributed by atoms with E-state index in [0.29, 0.717) is 17.8 Å². The number of fused-ring (bicyclic) bond motifs is 1. The number of amides is 3. The molecule has 11 nitrogen and oxygen atoms in total. The number of rotatable bonds is 7. The fourth-order valence-corrected chi connectivity index (χ4v) is 3.60. The van der Waals surface area contributed by atoms with E-state index < -0.39 is 12.0 Å². The van der Waals surface area contributed by atoms with Crippen LogP contribution in [0.3, 0.4) is 0 Å². The number of aliphatic hydroxyl groups is 1. The quantitative estimate of drug-likeness (QED) is 0.354. The molecule has 3 amide bonds. The second-order valence-electron chi connectivity index (χ2n) is 11.2. The maximum Gasteiger partial charge on any atom is 0.410 e. The first kappa shape index (κ1) is 36.4. The van der Waals surface area contributed by atoms with Crippen molar-refractivity contribution < 1.29 is 29.0 Å². The van der Waals surface area contributed by atoms with Crippen LogP contribution in [-0.4, -0.2) is 77.4 Å². The number of methoxy groups -OCH3 is 1. The Balaban J connectivity index is 0.000000296. The largest absolute Gasteiger partial charge is 0.497 e. The number of ether oxygens (including phenoxy) is 2. The lowest BCUT2D eigenvalue weighted by Gasteiger charge is -2.26. The summed E-state index contributed by atoms with van der Waals surface area (Å²) in [5.41, 5.74) is -0.445. The molecule has 1 saturated heterocycles. The van der Waals surface area contributed by atoms with Gasteiger partial charge >= 0.3 is 6.09 Å². The van der Waals surface area contributed by atoms with Crippen molar-refractivity contribution in [1.82, 2.24) is 20.5 Å². The van der Waals surface area contributed by atoms with Crippen molar-refractivity contribution in [3.63, 3.8) is 0 Å². The van der Waals surface area contributed by atoms with Crippen molar-refractivity contribution in [3.05, 3.63) is 40.8 Å². The van der Waals surface area contributed by atoms with Crippen LogP contribution in [0.1, 0.15) is 80.1 Å². The zero-order chi connectivity index (χ0) is 31.7. The van der Waals surface area contributed by atoms with Crippen LogP contribution in [0.2, 0.25) is 0 Å². The topological polar surface area (TPSA) is 150 Å². The summed E-state index contributed by atoms with van der Waals surface area (Å²) in [5.74, 6) is 0.352. The predicted molar refractivity (Wildman–Crippen MR) is 165 cm³/mol. The van der Waals surface area contributed by atoms with Crippen molar-refractivity contribution in [2.24, 2.45) is 0 Å². The highest BCUT2D eigenvalue weighted by Crippen LogP contribution is 2.20. The summed E-state index contributed by atoms with van der Waals surface area (Å²) in [7, 11) is 1.61. The minimum Gasteiger partial charge on any atom is -0.497 e. The average Bonchev–Trinajstić information content (AvgIpc) is 3.67. The molecule has 2 aromatic rings. The van der Waals surface area contributed by atoms with Crippen molar-refractivity contribution in [1.29, 1.82) is 0 Å². The van der Waals surface area contributed by atoms with Crippen molar-refractivity contribution >= 4 is 29.2 Å². The minimum absolute atomic E-state index is 0.0257. The molecule has 0 spiro atoms. The van der Waals surface area contributed by atoms with Gasteiger partial charge in [0.1, 0.15) is 17.5 Å². The number of aromatic amines is 1. The molecule has 2 atom stereocenters. The lowest BCUT2D eigenvalue weighted by molar-refractivity contribution is -0.129. The van der Waals surface area contributed by atoms with Crippen LogP contribution in [0.4, 0.5) is 4.79 Å². The van der Waals surface area contributed by atoms with E-state index in [9.17, 15) is 19.2 Å². The number of carbonyl (C=O) groups excluding carboxylic acids is 3. The second kappa shape index (κ2) is 18.8. The van der Waals surface area contributed by atoms with Gasteiger partial charge in [0.05, 0.1) is 13.7 Å². The molecule has 4 rings (SSSR count). The SMILES string of the molecule is CC1CCCN1C(=O)OC(C)(C)C.CCCC.COc1ccc2c(=O)[nH]ccc2c1.O=CNCC(O)C(=O)NC1CC1. The smallest absolute Gasteiger partial charge is 0.410 e. The van der Waals surface area contributed by atoms with Crippen LogP contribution in [0.5, 0.6) is 5.75 Å². The molecule has 0 bridgehead atoms. The predicted octanol–water partition coefficient (Wildman–Crippen LogP) is 4.12. The number of aliphatic hydroxyl groups excluding tert-OH is 1. The Labute approximate surface area is 249 Å². The van der Waals surface area contributed by atoms with Crippen LogP contribution in [0.15, 0.2) is 35.3 Å². The molecule has 1 aliphatic heterocycles. The molecule has 2 aliphatic rings. The molecule has 2 heterocycles. The summed E-state index contributed by atoms with van der Waals surface area (Å²) in [6, 6.07) is 7.80. The first-order valence-electron chi connectivity index (χ1n) is 14.7. The summed E-state index contributed by atoms with van der Waals surface area (Å²) >= 11 is 0. The van der Waals surface area contributed by atoms with Gasteiger partial charge in [-0.05, 0) is 83.0 Å². The molecule has 1 aliphatic carbocycles. The number of nitrogens with one attached hydrogen (secondary N) is 3. The van der Waals surface area contributed by atoms with Crippen LogP contribution in [0.25, 0.3) is 10.8 Å². The fraction of sp³-hybridized carbons (Fsp3) is 0.613. The van der Waals surface area contributed by atoms with Crippen LogP contribution < -0.4 is 20.9 Å². The third kappa shape index (κ3) is 14.3. The van der Waals surface area contributed by atoms with Crippen molar-refractivity contribution in [3.8, 4) is 5.75 Å². The number of benzene rings is 1. The van der Waals surface area contributed by atoms with Crippen molar-refractivity contribution in [2.75, 3.05) is 20.2 Å². The Morgan fingerprint density at radius 1 is 1.17 bits per heavy atom. The number of aromatic nitrogens is 1. The average molecular weight is 591 g/mol. The third-order valence-electron chi connectivity index (χ3n) is 6.28. The summed E-state index contributed by atoms with van der Waals surface area (Å²) in [6.07, 6.45) is 7.59. The summed E-state index contributed by atoms with van der Waals surface area (Å²) in [6.45, 7) is 12.9. The van der Waals surface area contributed by atoms with Gasteiger partial charge in [-0.15, -0.1) is 0 Å². The maximum absolute atomic E-state index is 11.6. The number of hydrogen-bond acceptors (Lipinski definition) is 7. The van der Waals surface area contributed by atoms with Gasteiger partial charge in [0.15, 0.2) is 0 Å². The van der Waals surface area contributed by atoms with Crippen molar-refractivity contribution in [2.45, 2.75) is 104 Å². The first-order chi connectivity index (χ1) is 19.9. The molecule has 1 saturated carbocycles. The summed E-state index contributed by atoms with van der Waals surface area (Å²) in [5, 5.41) is 15.5. The maximum atomic E-state index is 11.6. The zero-order valence-corrected chi connectivity index (χ0v) is 26.2. The third-order valence-corrected chi connectivity index (χ3v) is 6.28. The molecule has 2 unspecified atom stereocenters. The lowest BCUT2D eigenvalue weighted by atomic mass is 10.2. The van der Waals surface area contributed by atoms with E-state index in [1.807, 2.05) is 37.8 Å². The molecule has 2 fully saturated rings. The van der Waals surface area contributed by atoms with E-state index in [1.54, 1.807) is 25.4 Å². The summed E-state index contributed by atoms with van der Waals surface area (Å²) in [4.78, 5) is 48.1. The standard InChI is InChI=1S/C10H9NO2.C10H19NO2.C7H12N2O3.C4H10/c1-13-8-2-3-9-7(6-8)4-5-11-10(9)12;1-8-6-5-7-11(8)9(12)13-10(2,3)4;10-4-8-3-6(11)7(12)9-5-1-2-5;1-3-4-2/h2-6H,1H3,(H,11,12);8H,5-7H2,1-4H3;4-6,11H,1-3H2,(H,8,10)(H,9,12);3-4H2,1-2H3. The van der Waals surface area contributed by atoms with Crippen LogP contribution >= 0.6 is 0 Å². The van der Waals surface area contributed by atoms with Gasteiger partial charge in [0.2, 0.25) is 6.41 Å². The number of carbonyl (C=O) groups is 3. The number of hydrogen-bond donors (Lipinski definition) is 4. The number of likely N-dealkylation sites (tertiary alicyclic amines) is 1. The fourth-order valence-electron chi connectivity index (χ4n) is 3.60. The van der Waals surface area contributed by atoms with Gasteiger partial charge in [0, 0.05) is 30.2 Å². The molecule has 42 heavy (non-hydrogen) atoms. The Morgan fingerprint density at radius 3 is 2.33 bits per heavy atom. The molecule has 4 N–H and O–H groups in total. The van der Waals surface area contributed by atoms with E-state index in [4.69, 9.17) is 14.6 Å². The zero-order valence-electron chi connectivity index (χ0n) is 26.2.